The molecule has 0 amide bonds. The van der Waals surface area contributed by atoms with Gasteiger partial charge in [0.1, 0.15) is 0 Å². The predicted octanol–water partition coefficient (Wildman–Crippen LogP) is 2.26. The van der Waals surface area contributed by atoms with Crippen LogP contribution in [-0.4, -0.2) is 27.7 Å². The molecular formula is C26H20N2O2Si2. The SMILES string of the molecule is O=C=N[Si](c1ccccc1)(c1ccccc1)[Si](N=C=O)(c1ccccc1)c1ccccc1. The molecule has 0 atom stereocenters. The number of benzene rings is 4. The van der Waals surface area contributed by atoms with Crippen molar-refractivity contribution in [1.82, 2.24) is 0 Å². The minimum atomic E-state index is -3.42. The summed E-state index contributed by atoms with van der Waals surface area (Å²) >= 11 is 0. The fourth-order valence-corrected chi connectivity index (χ4v) is 18.9. The van der Waals surface area contributed by atoms with Crippen molar-refractivity contribution in [1.29, 1.82) is 0 Å². The summed E-state index contributed by atoms with van der Waals surface area (Å²) in [6.07, 6.45) is 3.78. The molecular weight excluding hydrogens is 428 g/mol. The van der Waals surface area contributed by atoms with Crippen LogP contribution in [0.15, 0.2) is 131 Å². The molecule has 0 N–H and O–H groups in total. The normalized spacial score (nSPS) is 11.1. The quantitative estimate of drug-likeness (QED) is 0.247. The summed E-state index contributed by atoms with van der Waals surface area (Å²) in [6, 6.07) is 39.0. The highest BCUT2D eigenvalue weighted by molar-refractivity contribution is 7.58. The molecule has 32 heavy (non-hydrogen) atoms. The maximum absolute atomic E-state index is 12.1. The van der Waals surface area contributed by atoms with Gasteiger partial charge in [0.25, 0.3) is 15.5 Å². The van der Waals surface area contributed by atoms with Crippen LogP contribution < -0.4 is 20.7 Å². The molecule has 4 aromatic rings. The Bertz CT molecular complexity index is 1090. The molecule has 0 fully saturated rings. The van der Waals surface area contributed by atoms with Gasteiger partial charge in [0.05, 0.1) is 0 Å². The number of hydrogen-bond acceptors (Lipinski definition) is 4. The van der Waals surface area contributed by atoms with Crippen molar-refractivity contribution in [2.45, 2.75) is 0 Å². The Labute approximate surface area is 188 Å². The van der Waals surface area contributed by atoms with E-state index in [1.807, 2.05) is 133 Å². The summed E-state index contributed by atoms with van der Waals surface area (Å²) in [5, 5.41) is 3.58. The lowest BCUT2D eigenvalue weighted by Gasteiger charge is -2.40. The zero-order chi connectivity index (χ0) is 22.3. The lowest BCUT2D eigenvalue weighted by molar-refractivity contribution is 0.565. The van der Waals surface area contributed by atoms with Gasteiger partial charge in [-0.2, -0.15) is 0 Å². The zero-order valence-electron chi connectivity index (χ0n) is 17.3. The largest absolute Gasteiger partial charge is 0.283 e. The number of nitrogens with zero attached hydrogens (tertiary/aromatic N) is 2. The Hall–Kier alpha value is -3.93. The average Bonchev–Trinajstić information content (AvgIpc) is 2.88. The van der Waals surface area contributed by atoms with Gasteiger partial charge in [-0.15, -0.1) is 0 Å². The summed E-state index contributed by atoms with van der Waals surface area (Å²) in [6.45, 7) is 0. The number of rotatable bonds is 7. The van der Waals surface area contributed by atoms with Crippen molar-refractivity contribution in [3.63, 3.8) is 0 Å². The molecule has 0 aliphatic rings. The fraction of sp³-hybridized carbons (Fsp3) is 0. The smallest absolute Gasteiger partial charge is 0.236 e. The number of hydrogen-bond donors (Lipinski definition) is 0. The van der Waals surface area contributed by atoms with Crippen LogP contribution in [0.5, 0.6) is 0 Å². The van der Waals surface area contributed by atoms with Crippen LogP contribution in [-0.2, 0) is 9.59 Å². The molecule has 0 heterocycles. The molecule has 6 heteroatoms. The van der Waals surface area contributed by atoms with E-state index in [9.17, 15) is 9.59 Å². The van der Waals surface area contributed by atoms with Crippen LogP contribution in [0.4, 0.5) is 0 Å². The molecule has 4 rings (SSSR count). The van der Waals surface area contributed by atoms with Gasteiger partial charge in [0.15, 0.2) is 0 Å². The van der Waals surface area contributed by atoms with E-state index in [0.717, 1.165) is 20.7 Å². The predicted molar refractivity (Wildman–Crippen MR) is 132 cm³/mol. The van der Waals surface area contributed by atoms with Crippen LogP contribution in [0.3, 0.4) is 0 Å². The molecule has 4 nitrogen and oxygen atoms in total. The van der Waals surface area contributed by atoms with Gasteiger partial charge in [-0.1, -0.05) is 121 Å². The molecule has 0 bridgehead atoms. The van der Waals surface area contributed by atoms with Gasteiger partial charge in [-0.05, 0) is 20.7 Å². The highest BCUT2D eigenvalue weighted by atomic mass is 29.3. The second-order valence-corrected chi connectivity index (χ2v) is 17.2. The van der Waals surface area contributed by atoms with E-state index in [2.05, 4.69) is 9.32 Å². The van der Waals surface area contributed by atoms with Gasteiger partial charge in [0.2, 0.25) is 12.2 Å². The summed E-state index contributed by atoms with van der Waals surface area (Å²) in [7, 11) is -6.84. The Balaban J connectivity index is 2.29. The first-order valence-corrected chi connectivity index (χ1v) is 15.1. The zero-order valence-corrected chi connectivity index (χ0v) is 19.3. The first kappa shape index (κ1) is 21.3. The van der Waals surface area contributed by atoms with Crippen LogP contribution in [0.1, 0.15) is 0 Å². The third-order valence-corrected chi connectivity index (χ3v) is 19.6. The van der Waals surface area contributed by atoms with E-state index >= 15 is 0 Å². The number of carbonyl (C=O) groups excluding carboxylic acids is 2. The van der Waals surface area contributed by atoms with E-state index < -0.39 is 15.5 Å². The van der Waals surface area contributed by atoms with Gasteiger partial charge in [-0.3, -0.25) is 0 Å². The molecule has 0 aromatic heterocycles. The molecule has 0 saturated carbocycles. The van der Waals surface area contributed by atoms with E-state index in [1.54, 1.807) is 0 Å². The van der Waals surface area contributed by atoms with E-state index in [1.165, 1.54) is 0 Å². The van der Waals surface area contributed by atoms with Crippen molar-refractivity contribution in [2.24, 2.45) is 9.32 Å². The molecule has 0 aliphatic carbocycles. The Morgan fingerprint density at radius 2 is 0.625 bits per heavy atom. The maximum Gasteiger partial charge on any atom is 0.283 e. The van der Waals surface area contributed by atoms with Crippen molar-refractivity contribution in [3.8, 4) is 0 Å². The highest BCUT2D eigenvalue weighted by Gasteiger charge is 2.63. The highest BCUT2D eigenvalue weighted by Crippen LogP contribution is 2.23. The van der Waals surface area contributed by atoms with Crippen molar-refractivity contribution < 1.29 is 9.59 Å². The summed E-state index contributed by atoms with van der Waals surface area (Å²) < 4.78 is 9.32. The summed E-state index contributed by atoms with van der Waals surface area (Å²) in [4.78, 5) is 24.2. The van der Waals surface area contributed by atoms with Crippen molar-refractivity contribution >= 4 is 48.4 Å². The second kappa shape index (κ2) is 9.48. The Morgan fingerprint density at radius 3 is 0.812 bits per heavy atom. The van der Waals surface area contributed by atoms with Gasteiger partial charge in [-0.25, -0.2) is 18.9 Å². The Kier molecular flexibility index (Phi) is 6.31. The molecule has 0 aliphatic heterocycles. The maximum atomic E-state index is 12.1. The number of isocyanates is 2. The van der Waals surface area contributed by atoms with E-state index in [4.69, 9.17) is 0 Å². The molecule has 0 saturated heterocycles. The second-order valence-electron chi connectivity index (χ2n) is 7.29. The third kappa shape index (κ3) is 3.44. The average molecular weight is 449 g/mol. The third-order valence-electron chi connectivity index (χ3n) is 5.72. The van der Waals surface area contributed by atoms with Crippen LogP contribution in [0.25, 0.3) is 0 Å². The minimum Gasteiger partial charge on any atom is -0.236 e. The van der Waals surface area contributed by atoms with E-state index in [-0.39, 0.29) is 0 Å². The van der Waals surface area contributed by atoms with Crippen molar-refractivity contribution in [3.05, 3.63) is 121 Å². The van der Waals surface area contributed by atoms with Crippen LogP contribution >= 0.6 is 0 Å². The summed E-state index contributed by atoms with van der Waals surface area (Å²) in [5.41, 5.74) is 0. The molecule has 154 valence electrons. The first-order valence-electron chi connectivity index (χ1n) is 10.2. The van der Waals surface area contributed by atoms with Crippen molar-refractivity contribution in [2.75, 3.05) is 0 Å². The standard InChI is InChI=1S/C26H20N2O2Si2/c29-21-27-31(23-13-5-1-6-14-23,24-15-7-2-8-16-24)32(28-22-30,25-17-9-3-10-18-25)26-19-11-4-12-20-26/h1-20H. The van der Waals surface area contributed by atoms with E-state index in [0.29, 0.717) is 0 Å². The van der Waals surface area contributed by atoms with Gasteiger partial charge < -0.3 is 0 Å². The molecule has 0 unspecified atom stereocenters. The lowest BCUT2D eigenvalue weighted by Crippen LogP contribution is -2.84. The lowest BCUT2D eigenvalue weighted by atomic mass is 10.4. The summed E-state index contributed by atoms with van der Waals surface area (Å²) in [5.74, 6) is 0. The first-order chi connectivity index (χ1) is 15.8. The van der Waals surface area contributed by atoms with Crippen LogP contribution in [0, 0.1) is 0 Å². The van der Waals surface area contributed by atoms with Crippen LogP contribution in [0.2, 0.25) is 0 Å². The minimum absolute atomic E-state index is 0.896. The monoisotopic (exact) mass is 448 g/mol. The van der Waals surface area contributed by atoms with Gasteiger partial charge in [0, 0.05) is 0 Å². The molecule has 4 aromatic carbocycles. The molecule has 0 spiro atoms. The fourth-order valence-electron chi connectivity index (χ4n) is 4.44. The van der Waals surface area contributed by atoms with Gasteiger partial charge >= 0.3 is 0 Å². The molecule has 0 radical (unpaired) electrons. The topological polar surface area (TPSA) is 58.9 Å². The Morgan fingerprint density at radius 1 is 0.406 bits per heavy atom.